The number of hydrogen-bond donors (Lipinski definition) is 1. The van der Waals surface area contributed by atoms with Gasteiger partial charge in [-0.3, -0.25) is 4.79 Å². The Labute approximate surface area is 182 Å². The van der Waals surface area contributed by atoms with Crippen LogP contribution >= 0.6 is 11.8 Å². The van der Waals surface area contributed by atoms with Crippen molar-refractivity contribution in [2.75, 3.05) is 7.11 Å². The van der Waals surface area contributed by atoms with Crippen molar-refractivity contribution in [3.63, 3.8) is 0 Å². The number of amides is 1. The number of nitrogens with one attached hydrogen (secondary N) is 1. The summed E-state index contributed by atoms with van der Waals surface area (Å²) in [6, 6.07) is 23.7. The largest absolute Gasteiger partial charge is 0.493 e. The van der Waals surface area contributed by atoms with Crippen LogP contribution in [0.1, 0.15) is 35.3 Å². The molecular formula is C25H27NO3S. The molecule has 0 unspecified atom stereocenters. The minimum absolute atomic E-state index is 0.0642. The molecule has 0 radical (unpaired) electrons. The second-order valence-corrected chi connectivity index (χ2v) is 8.12. The van der Waals surface area contributed by atoms with E-state index >= 15 is 0 Å². The van der Waals surface area contributed by atoms with Crippen molar-refractivity contribution in [2.45, 2.75) is 37.1 Å². The van der Waals surface area contributed by atoms with Crippen molar-refractivity contribution < 1.29 is 14.3 Å². The van der Waals surface area contributed by atoms with E-state index in [1.807, 2.05) is 74.5 Å². The highest BCUT2D eigenvalue weighted by atomic mass is 32.2. The molecule has 3 rings (SSSR count). The van der Waals surface area contributed by atoms with Crippen LogP contribution in [0.25, 0.3) is 0 Å². The zero-order valence-corrected chi connectivity index (χ0v) is 18.4. The Kier molecular flexibility index (Phi) is 7.80. The molecule has 0 aliphatic carbocycles. The number of hydrogen-bond acceptors (Lipinski definition) is 4. The predicted molar refractivity (Wildman–Crippen MR) is 122 cm³/mol. The van der Waals surface area contributed by atoms with E-state index in [0.29, 0.717) is 23.6 Å². The van der Waals surface area contributed by atoms with E-state index in [4.69, 9.17) is 9.47 Å². The first-order valence-electron chi connectivity index (χ1n) is 9.94. The fraction of sp³-hybridized carbons (Fsp3) is 0.240. The van der Waals surface area contributed by atoms with Crippen molar-refractivity contribution >= 4 is 17.7 Å². The molecule has 0 fully saturated rings. The molecule has 0 atom stereocenters. The second-order valence-electron chi connectivity index (χ2n) is 7.10. The van der Waals surface area contributed by atoms with E-state index < -0.39 is 0 Å². The molecule has 0 heterocycles. The highest BCUT2D eigenvalue weighted by Crippen LogP contribution is 2.29. The molecule has 1 N–H and O–H groups in total. The average Bonchev–Trinajstić information content (AvgIpc) is 2.77. The van der Waals surface area contributed by atoms with Crippen molar-refractivity contribution in [2.24, 2.45) is 0 Å². The Morgan fingerprint density at radius 1 is 0.933 bits per heavy atom. The molecule has 4 nitrogen and oxygen atoms in total. The fourth-order valence-electron chi connectivity index (χ4n) is 2.97. The Morgan fingerprint density at radius 3 is 2.40 bits per heavy atom. The number of methoxy groups -OCH3 is 1. The van der Waals surface area contributed by atoms with E-state index in [9.17, 15) is 4.79 Å². The van der Waals surface area contributed by atoms with Crippen molar-refractivity contribution in [1.82, 2.24) is 5.32 Å². The molecule has 156 valence electrons. The molecule has 5 heteroatoms. The molecule has 0 bridgehead atoms. The minimum Gasteiger partial charge on any atom is -0.493 e. The molecule has 3 aromatic carbocycles. The molecule has 3 aromatic rings. The summed E-state index contributed by atoms with van der Waals surface area (Å²) in [4.78, 5) is 13.8. The summed E-state index contributed by atoms with van der Waals surface area (Å²) < 4.78 is 11.2. The van der Waals surface area contributed by atoms with Gasteiger partial charge in [-0.15, -0.1) is 11.8 Å². The summed E-state index contributed by atoms with van der Waals surface area (Å²) in [5, 5.41) is 3.02. The quantitative estimate of drug-likeness (QED) is 0.450. The van der Waals surface area contributed by atoms with Crippen LogP contribution in [0.4, 0.5) is 0 Å². The lowest BCUT2D eigenvalue weighted by molar-refractivity contribution is 0.0948. The van der Waals surface area contributed by atoms with Crippen molar-refractivity contribution in [1.29, 1.82) is 0 Å². The first-order valence-corrected chi connectivity index (χ1v) is 10.9. The lowest BCUT2D eigenvalue weighted by atomic mass is 10.1. The number of thioether (sulfide) groups is 1. The number of rotatable bonds is 9. The molecule has 0 aromatic heterocycles. The van der Waals surface area contributed by atoms with Gasteiger partial charge >= 0.3 is 0 Å². The Bertz CT molecular complexity index is 973. The molecule has 0 saturated carbocycles. The topological polar surface area (TPSA) is 47.6 Å². The SMILES string of the molecule is COc1cc(CNC(=O)c2ccccc2SCc2ccccc2)ccc1OC(C)C. The predicted octanol–water partition coefficient (Wildman–Crippen LogP) is 5.70. The van der Waals surface area contributed by atoms with Crippen LogP contribution in [-0.2, 0) is 12.3 Å². The Hall–Kier alpha value is -2.92. The van der Waals surface area contributed by atoms with Gasteiger partial charge in [-0.2, -0.15) is 0 Å². The maximum Gasteiger partial charge on any atom is 0.252 e. The van der Waals surface area contributed by atoms with Crippen LogP contribution in [0.3, 0.4) is 0 Å². The smallest absolute Gasteiger partial charge is 0.252 e. The van der Waals surface area contributed by atoms with Gasteiger partial charge in [-0.05, 0) is 49.2 Å². The van der Waals surface area contributed by atoms with Crippen LogP contribution in [0.5, 0.6) is 11.5 Å². The highest BCUT2D eigenvalue weighted by molar-refractivity contribution is 7.98. The summed E-state index contributed by atoms with van der Waals surface area (Å²) in [6.45, 7) is 4.36. The summed E-state index contributed by atoms with van der Waals surface area (Å²) in [5.41, 5.74) is 2.87. The van der Waals surface area contributed by atoms with E-state index in [0.717, 1.165) is 16.2 Å². The monoisotopic (exact) mass is 421 g/mol. The van der Waals surface area contributed by atoms with Crippen molar-refractivity contribution in [3.8, 4) is 11.5 Å². The summed E-state index contributed by atoms with van der Waals surface area (Å²) >= 11 is 1.67. The van der Waals surface area contributed by atoms with Crippen LogP contribution in [0, 0.1) is 0 Å². The van der Waals surface area contributed by atoms with Crippen LogP contribution in [0.15, 0.2) is 77.7 Å². The average molecular weight is 422 g/mol. The third-order valence-electron chi connectivity index (χ3n) is 4.41. The summed E-state index contributed by atoms with van der Waals surface area (Å²) in [6.07, 6.45) is 0.0642. The highest BCUT2D eigenvalue weighted by Gasteiger charge is 2.13. The Morgan fingerprint density at radius 2 is 1.67 bits per heavy atom. The molecule has 1 amide bonds. The van der Waals surface area contributed by atoms with Gasteiger partial charge in [-0.1, -0.05) is 48.5 Å². The number of carbonyl (C=O) groups excluding carboxylic acids is 1. The zero-order chi connectivity index (χ0) is 21.3. The van der Waals surface area contributed by atoms with Gasteiger partial charge in [0.05, 0.1) is 18.8 Å². The van der Waals surface area contributed by atoms with Crippen molar-refractivity contribution in [3.05, 3.63) is 89.5 Å². The summed E-state index contributed by atoms with van der Waals surface area (Å²) in [5.74, 6) is 2.09. The fourth-order valence-corrected chi connectivity index (χ4v) is 3.97. The molecule has 0 aliphatic rings. The molecule has 0 spiro atoms. The minimum atomic E-state index is -0.0902. The maximum absolute atomic E-state index is 12.8. The first-order chi connectivity index (χ1) is 14.6. The third-order valence-corrected chi connectivity index (χ3v) is 5.56. The third kappa shape index (κ3) is 6.04. The lowest BCUT2D eigenvalue weighted by Gasteiger charge is -2.15. The molecule has 30 heavy (non-hydrogen) atoms. The number of benzene rings is 3. The number of ether oxygens (including phenoxy) is 2. The van der Waals surface area contributed by atoms with Gasteiger partial charge in [0.25, 0.3) is 5.91 Å². The summed E-state index contributed by atoms with van der Waals surface area (Å²) in [7, 11) is 1.62. The van der Waals surface area contributed by atoms with Gasteiger partial charge in [0.1, 0.15) is 0 Å². The van der Waals surface area contributed by atoms with E-state index in [-0.39, 0.29) is 12.0 Å². The van der Waals surface area contributed by atoms with E-state index in [1.54, 1.807) is 18.9 Å². The van der Waals surface area contributed by atoms with Gasteiger partial charge in [0, 0.05) is 17.2 Å². The normalized spacial score (nSPS) is 10.7. The molecule has 0 aliphatic heterocycles. The van der Waals surface area contributed by atoms with E-state index in [2.05, 4.69) is 17.4 Å². The maximum atomic E-state index is 12.8. The first kappa shape index (κ1) is 21.8. The molecule has 0 saturated heterocycles. The van der Waals surface area contributed by atoms with Crippen LogP contribution < -0.4 is 14.8 Å². The molecular weight excluding hydrogens is 394 g/mol. The van der Waals surface area contributed by atoms with Gasteiger partial charge in [0.15, 0.2) is 11.5 Å². The van der Waals surface area contributed by atoms with Crippen LogP contribution in [0.2, 0.25) is 0 Å². The van der Waals surface area contributed by atoms with Gasteiger partial charge in [-0.25, -0.2) is 0 Å². The Balaban J connectivity index is 1.65. The number of carbonyl (C=O) groups is 1. The van der Waals surface area contributed by atoms with E-state index in [1.165, 1.54) is 5.56 Å². The zero-order valence-electron chi connectivity index (χ0n) is 17.6. The van der Waals surface area contributed by atoms with Gasteiger partial charge in [0.2, 0.25) is 0 Å². The lowest BCUT2D eigenvalue weighted by Crippen LogP contribution is -2.23. The van der Waals surface area contributed by atoms with Gasteiger partial charge < -0.3 is 14.8 Å². The second kappa shape index (κ2) is 10.7. The standard InChI is InChI=1S/C25H27NO3S/c1-18(2)29-22-14-13-20(15-23(22)28-3)16-26-25(27)21-11-7-8-12-24(21)30-17-19-9-5-4-6-10-19/h4-15,18H,16-17H2,1-3H3,(H,26,27). The van der Waals surface area contributed by atoms with Crippen LogP contribution in [-0.4, -0.2) is 19.1 Å².